The number of amides is 1. The number of likely N-dealkylation sites (N-methyl/N-ethyl adjacent to an activating group) is 1. The summed E-state index contributed by atoms with van der Waals surface area (Å²) in [6.07, 6.45) is 2.29. The highest BCUT2D eigenvalue weighted by molar-refractivity contribution is 5.77. The summed E-state index contributed by atoms with van der Waals surface area (Å²) in [4.78, 5) is 18.3. The minimum absolute atomic E-state index is 0.0158. The molecule has 1 saturated heterocycles. The van der Waals surface area contributed by atoms with Crippen molar-refractivity contribution in [2.45, 2.75) is 32.3 Å². The van der Waals surface area contributed by atoms with Gasteiger partial charge in [0.2, 0.25) is 0 Å². The zero-order valence-electron chi connectivity index (χ0n) is 14.9. The first-order valence-electron chi connectivity index (χ1n) is 8.46. The number of carbonyl (C=O) groups is 1. The molecule has 1 aliphatic heterocycles. The van der Waals surface area contributed by atoms with Crippen LogP contribution in [0.5, 0.6) is 5.75 Å². The number of nitrogens with zero attached hydrogens (tertiary/aromatic N) is 3. The first kappa shape index (κ1) is 17.4. The predicted molar refractivity (Wildman–Crippen MR) is 92.5 cm³/mol. The normalized spacial score (nSPS) is 19.8. The molecule has 1 amide bonds. The molecule has 134 valence electrons. The van der Waals surface area contributed by atoms with Gasteiger partial charge in [-0.25, -0.2) is 4.98 Å². The molecule has 1 fully saturated rings. The molecule has 0 saturated carbocycles. The molecule has 0 spiro atoms. The Morgan fingerprint density at radius 3 is 2.84 bits per heavy atom. The number of aromatic nitrogens is 3. The van der Waals surface area contributed by atoms with E-state index in [2.05, 4.69) is 15.2 Å². The van der Waals surface area contributed by atoms with Gasteiger partial charge in [-0.3, -0.25) is 9.89 Å². The molecule has 0 unspecified atom stereocenters. The molecule has 2 heterocycles. The number of hydrogen-bond donors (Lipinski definition) is 1. The summed E-state index contributed by atoms with van der Waals surface area (Å²) in [5.74, 6) is 1.66. The van der Waals surface area contributed by atoms with Gasteiger partial charge in [-0.1, -0.05) is 18.2 Å². The van der Waals surface area contributed by atoms with Gasteiger partial charge in [-0.05, 0) is 31.4 Å². The van der Waals surface area contributed by atoms with E-state index in [1.54, 1.807) is 11.9 Å². The molecule has 1 aliphatic rings. The number of aryl methyl sites for hydroxylation is 2. The summed E-state index contributed by atoms with van der Waals surface area (Å²) in [7, 11) is 1.77. The molecule has 3 rings (SSSR count). The van der Waals surface area contributed by atoms with Crippen LogP contribution in [0.25, 0.3) is 0 Å². The Labute approximate surface area is 147 Å². The molecule has 7 nitrogen and oxygen atoms in total. The largest absolute Gasteiger partial charge is 0.483 e. The molecule has 2 aromatic rings. The number of H-pyrrole nitrogens is 1. The third-order valence-electron chi connectivity index (χ3n) is 4.62. The van der Waals surface area contributed by atoms with Crippen LogP contribution in [0.15, 0.2) is 24.5 Å². The lowest BCUT2D eigenvalue weighted by Gasteiger charge is -2.24. The molecule has 0 bridgehead atoms. The Balaban J connectivity index is 1.56. The highest BCUT2D eigenvalue weighted by atomic mass is 16.5. The van der Waals surface area contributed by atoms with Crippen molar-refractivity contribution in [2.24, 2.45) is 0 Å². The van der Waals surface area contributed by atoms with E-state index in [0.717, 1.165) is 29.1 Å². The molecule has 2 atom stereocenters. The summed E-state index contributed by atoms with van der Waals surface area (Å²) >= 11 is 0. The van der Waals surface area contributed by atoms with E-state index in [1.165, 1.54) is 6.33 Å². The first-order chi connectivity index (χ1) is 12.1. The van der Waals surface area contributed by atoms with Crippen LogP contribution in [0, 0.1) is 13.8 Å². The average molecular weight is 344 g/mol. The van der Waals surface area contributed by atoms with Crippen LogP contribution in [0.3, 0.4) is 0 Å². The van der Waals surface area contributed by atoms with Crippen LogP contribution < -0.4 is 4.74 Å². The third-order valence-corrected chi connectivity index (χ3v) is 4.62. The molecule has 0 aliphatic carbocycles. The van der Waals surface area contributed by atoms with Gasteiger partial charge in [0.15, 0.2) is 6.61 Å². The van der Waals surface area contributed by atoms with E-state index in [0.29, 0.717) is 13.2 Å². The van der Waals surface area contributed by atoms with Gasteiger partial charge in [-0.15, -0.1) is 0 Å². The van der Waals surface area contributed by atoms with Crippen molar-refractivity contribution in [1.82, 2.24) is 20.1 Å². The lowest BCUT2D eigenvalue weighted by Crippen LogP contribution is -2.39. The van der Waals surface area contributed by atoms with Gasteiger partial charge >= 0.3 is 0 Å². The van der Waals surface area contributed by atoms with Crippen LogP contribution in [0.4, 0.5) is 0 Å². The van der Waals surface area contributed by atoms with Gasteiger partial charge < -0.3 is 14.4 Å². The second-order valence-corrected chi connectivity index (χ2v) is 6.46. The zero-order valence-corrected chi connectivity index (χ0v) is 14.9. The van der Waals surface area contributed by atoms with Crippen molar-refractivity contribution in [1.29, 1.82) is 0 Å². The Hall–Kier alpha value is -2.41. The topological polar surface area (TPSA) is 80.3 Å². The predicted octanol–water partition coefficient (Wildman–Crippen LogP) is 1.83. The molecule has 7 heteroatoms. The number of benzene rings is 1. The highest BCUT2D eigenvalue weighted by Gasteiger charge is 2.33. The highest BCUT2D eigenvalue weighted by Crippen LogP contribution is 2.29. The fraction of sp³-hybridized carbons (Fsp3) is 0.500. The fourth-order valence-corrected chi connectivity index (χ4v) is 3.18. The Bertz CT molecular complexity index is 697. The average Bonchev–Trinajstić information content (AvgIpc) is 3.25. The summed E-state index contributed by atoms with van der Waals surface area (Å²) in [5.41, 5.74) is 2.06. The van der Waals surface area contributed by atoms with E-state index >= 15 is 0 Å². The number of rotatable bonds is 6. The van der Waals surface area contributed by atoms with E-state index in [-0.39, 0.29) is 24.5 Å². The van der Waals surface area contributed by atoms with Crippen LogP contribution >= 0.6 is 0 Å². The Kier molecular flexibility index (Phi) is 5.33. The monoisotopic (exact) mass is 344 g/mol. The van der Waals surface area contributed by atoms with Crippen molar-refractivity contribution in [3.8, 4) is 5.75 Å². The maximum Gasteiger partial charge on any atom is 0.260 e. The molecule has 1 aromatic carbocycles. The van der Waals surface area contributed by atoms with Crippen molar-refractivity contribution in [2.75, 3.05) is 26.8 Å². The number of nitrogens with one attached hydrogen (secondary N) is 1. The molecule has 0 radical (unpaired) electrons. The zero-order chi connectivity index (χ0) is 17.8. The molecular formula is C18H24N4O3. The number of carbonyl (C=O) groups excluding carboxylic acids is 1. The van der Waals surface area contributed by atoms with Crippen molar-refractivity contribution < 1.29 is 14.3 Å². The van der Waals surface area contributed by atoms with Crippen LogP contribution in [0.1, 0.15) is 29.3 Å². The molecule has 25 heavy (non-hydrogen) atoms. The van der Waals surface area contributed by atoms with Gasteiger partial charge in [0.1, 0.15) is 17.9 Å². The Morgan fingerprint density at radius 2 is 2.16 bits per heavy atom. The second-order valence-electron chi connectivity index (χ2n) is 6.46. The summed E-state index contributed by atoms with van der Waals surface area (Å²) in [5, 5.41) is 6.80. The lowest BCUT2D eigenvalue weighted by molar-refractivity contribution is -0.133. The van der Waals surface area contributed by atoms with E-state index in [4.69, 9.17) is 9.47 Å². The van der Waals surface area contributed by atoms with Crippen molar-refractivity contribution >= 4 is 5.91 Å². The quantitative estimate of drug-likeness (QED) is 0.865. The summed E-state index contributed by atoms with van der Waals surface area (Å²) < 4.78 is 11.5. The summed E-state index contributed by atoms with van der Waals surface area (Å²) in [6, 6.07) is 5.93. The Morgan fingerprint density at radius 1 is 1.40 bits per heavy atom. The van der Waals surface area contributed by atoms with Gasteiger partial charge in [0.25, 0.3) is 5.91 Å². The maximum absolute atomic E-state index is 12.4. The smallest absolute Gasteiger partial charge is 0.260 e. The number of aromatic amines is 1. The van der Waals surface area contributed by atoms with Crippen LogP contribution in [-0.4, -0.2) is 58.9 Å². The SMILES string of the molecule is Cc1cccc(C)c1OCC(=O)N(C)C[C@H]1OCC[C@H]1c1ncn[nH]1. The minimum Gasteiger partial charge on any atom is -0.483 e. The first-order valence-corrected chi connectivity index (χ1v) is 8.46. The maximum atomic E-state index is 12.4. The number of ether oxygens (including phenoxy) is 2. The van der Waals surface area contributed by atoms with E-state index in [1.807, 2.05) is 32.0 Å². The van der Waals surface area contributed by atoms with Crippen LogP contribution in [0.2, 0.25) is 0 Å². The molecule has 1 N–H and O–H groups in total. The standard InChI is InChI=1S/C18H24N4O3/c1-12-5-4-6-13(2)17(12)25-10-16(23)22(3)9-15-14(7-8-24-15)18-19-11-20-21-18/h4-6,11,14-15H,7-10H2,1-3H3,(H,19,20,21)/t14-,15-/m1/s1. The number of hydrogen-bond acceptors (Lipinski definition) is 5. The van der Waals surface area contributed by atoms with E-state index < -0.39 is 0 Å². The lowest BCUT2D eigenvalue weighted by atomic mass is 10.0. The van der Waals surface area contributed by atoms with E-state index in [9.17, 15) is 4.79 Å². The third kappa shape index (κ3) is 3.99. The minimum atomic E-state index is -0.0814. The fourth-order valence-electron chi connectivity index (χ4n) is 3.18. The van der Waals surface area contributed by atoms with Gasteiger partial charge in [0, 0.05) is 26.1 Å². The van der Waals surface area contributed by atoms with Crippen LogP contribution in [-0.2, 0) is 9.53 Å². The molecular weight excluding hydrogens is 320 g/mol. The summed E-state index contributed by atoms with van der Waals surface area (Å²) in [6.45, 7) is 5.13. The number of para-hydroxylation sites is 1. The second kappa shape index (κ2) is 7.65. The van der Waals surface area contributed by atoms with Gasteiger partial charge in [-0.2, -0.15) is 5.10 Å². The van der Waals surface area contributed by atoms with Crippen molar-refractivity contribution in [3.63, 3.8) is 0 Å². The molecule has 1 aromatic heterocycles. The van der Waals surface area contributed by atoms with Crippen molar-refractivity contribution in [3.05, 3.63) is 41.5 Å². The van der Waals surface area contributed by atoms with Gasteiger partial charge in [0.05, 0.1) is 6.10 Å².